The molecule has 1 amide bonds. The molecule has 1 fully saturated rings. The molecule has 0 atom stereocenters. The second-order valence-corrected chi connectivity index (χ2v) is 7.70. The molecule has 3 N–H and O–H groups in total. The smallest absolute Gasteiger partial charge is 0.255 e. The summed E-state index contributed by atoms with van der Waals surface area (Å²) in [5, 5.41) is 2.86. The van der Waals surface area contributed by atoms with E-state index in [0.717, 1.165) is 35.5 Å². The van der Waals surface area contributed by atoms with Crippen molar-refractivity contribution in [1.82, 2.24) is 15.0 Å². The van der Waals surface area contributed by atoms with E-state index in [1.54, 1.807) is 24.5 Å². The van der Waals surface area contributed by atoms with Crippen molar-refractivity contribution in [3.05, 3.63) is 102 Å². The van der Waals surface area contributed by atoms with Crippen LogP contribution in [0, 0.1) is 0 Å². The molecule has 1 saturated carbocycles. The van der Waals surface area contributed by atoms with E-state index >= 15 is 0 Å². The van der Waals surface area contributed by atoms with Crippen molar-refractivity contribution < 1.29 is 4.79 Å². The topological polar surface area (TPSA) is 93.8 Å². The van der Waals surface area contributed by atoms with Crippen LogP contribution in [0.15, 0.2) is 85.3 Å². The lowest BCUT2D eigenvalue weighted by Gasteiger charge is -2.16. The minimum absolute atomic E-state index is 0.190. The first-order chi connectivity index (χ1) is 15.2. The van der Waals surface area contributed by atoms with Gasteiger partial charge >= 0.3 is 0 Å². The molecule has 2 aromatic heterocycles. The van der Waals surface area contributed by atoms with Crippen molar-refractivity contribution >= 4 is 17.3 Å². The standard InChI is InChI=1S/C25H21N5O/c26-20-3-1-2-4-22(20)29-23(31)18-5-7-19(8-6-18)25(12-13-25)24-28-16-11-21(30-24)17-9-14-27-15-10-17/h1-11,14-16H,12-13,26H2,(H,29,31). The number of amides is 1. The SMILES string of the molecule is Nc1ccccc1NC(=O)c1ccc(C2(c3nccc(-c4ccncc4)n3)CC2)cc1. The zero-order valence-electron chi connectivity index (χ0n) is 16.8. The lowest BCUT2D eigenvalue weighted by molar-refractivity contribution is 0.102. The number of nitrogens with two attached hydrogens (primary N) is 1. The molecule has 6 nitrogen and oxygen atoms in total. The first-order valence-corrected chi connectivity index (χ1v) is 10.2. The zero-order valence-corrected chi connectivity index (χ0v) is 16.8. The summed E-state index contributed by atoms with van der Waals surface area (Å²) in [6.07, 6.45) is 7.30. The van der Waals surface area contributed by atoms with Gasteiger partial charge in [-0.2, -0.15) is 0 Å². The highest BCUT2D eigenvalue weighted by Crippen LogP contribution is 2.52. The maximum absolute atomic E-state index is 12.6. The largest absolute Gasteiger partial charge is 0.397 e. The van der Waals surface area contributed by atoms with Crippen LogP contribution in [0.1, 0.15) is 34.6 Å². The second kappa shape index (κ2) is 7.65. The monoisotopic (exact) mass is 407 g/mol. The lowest BCUT2D eigenvalue weighted by Crippen LogP contribution is -2.16. The van der Waals surface area contributed by atoms with Gasteiger partial charge < -0.3 is 11.1 Å². The summed E-state index contributed by atoms with van der Waals surface area (Å²) >= 11 is 0. The van der Waals surface area contributed by atoms with Gasteiger partial charge in [-0.25, -0.2) is 9.97 Å². The molecule has 2 aromatic carbocycles. The molecule has 1 aliphatic carbocycles. The molecular weight excluding hydrogens is 386 g/mol. The van der Waals surface area contributed by atoms with Gasteiger partial charge in [0.1, 0.15) is 5.82 Å². The van der Waals surface area contributed by atoms with Gasteiger partial charge in [-0.05, 0) is 60.9 Å². The highest BCUT2D eigenvalue weighted by molar-refractivity contribution is 6.05. The Bertz CT molecular complexity index is 1230. The van der Waals surface area contributed by atoms with Crippen molar-refractivity contribution in [2.24, 2.45) is 0 Å². The van der Waals surface area contributed by atoms with Crippen molar-refractivity contribution in [3.63, 3.8) is 0 Å². The first-order valence-electron chi connectivity index (χ1n) is 10.2. The Morgan fingerprint density at radius 2 is 1.65 bits per heavy atom. The number of nitrogen functional groups attached to an aromatic ring is 1. The number of rotatable bonds is 5. The molecule has 0 unspecified atom stereocenters. The van der Waals surface area contributed by atoms with E-state index in [1.165, 1.54) is 0 Å². The van der Waals surface area contributed by atoms with E-state index in [0.29, 0.717) is 16.9 Å². The third-order valence-electron chi connectivity index (χ3n) is 5.72. The van der Waals surface area contributed by atoms with Crippen molar-refractivity contribution in [2.75, 3.05) is 11.1 Å². The minimum atomic E-state index is -0.193. The number of nitrogens with one attached hydrogen (secondary N) is 1. The van der Waals surface area contributed by atoms with Gasteiger partial charge in [0.2, 0.25) is 0 Å². The van der Waals surface area contributed by atoms with Crippen LogP contribution in [0.2, 0.25) is 0 Å². The van der Waals surface area contributed by atoms with Gasteiger partial charge in [-0.15, -0.1) is 0 Å². The minimum Gasteiger partial charge on any atom is -0.397 e. The molecule has 0 saturated heterocycles. The number of anilines is 2. The van der Waals surface area contributed by atoms with Crippen LogP contribution < -0.4 is 11.1 Å². The number of hydrogen-bond acceptors (Lipinski definition) is 5. The fraction of sp³-hybridized carbons (Fsp3) is 0.120. The summed E-state index contributed by atoms with van der Waals surface area (Å²) in [5.41, 5.74) is 10.5. The fourth-order valence-corrected chi connectivity index (χ4v) is 3.79. The van der Waals surface area contributed by atoms with Gasteiger partial charge in [-0.3, -0.25) is 9.78 Å². The van der Waals surface area contributed by atoms with Crippen LogP contribution in [0.4, 0.5) is 11.4 Å². The molecule has 152 valence electrons. The maximum Gasteiger partial charge on any atom is 0.255 e. The Balaban J connectivity index is 1.39. The molecule has 4 aromatic rings. The Kier molecular flexibility index (Phi) is 4.67. The summed E-state index contributed by atoms with van der Waals surface area (Å²) in [7, 11) is 0. The van der Waals surface area contributed by atoms with E-state index in [1.807, 2.05) is 60.8 Å². The third-order valence-corrected chi connectivity index (χ3v) is 5.72. The molecule has 0 radical (unpaired) electrons. The van der Waals surface area contributed by atoms with Gasteiger partial charge in [0.05, 0.1) is 22.5 Å². The maximum atomic E-state index is 12.6. The number of para-hydroxylation sites is 2. The van der Waals surface area contributed by atoms with Gasteiger partial charge in [0.25, 0.3) is 5.91 Å². The van der Waals surface area contributed by atoms with E-state index < -0.39 is 0 Å². The molecule has 0 bridgehead atoms. The number of hydrogen-bond donors (Lipinski definition) is 2. The summed E-state index contributed by atoms with van der Waals surface area (Å²) < 4.78 is 0. The molecule has 1 aliphatic rings. The normalized spacial score (nSPS) is 14.1. The number of aromatic nitrogens is 3. The van der Waals surface area contributed by atoms with E-state index in [2.05, 4.69) is 15.3 Å². The Hall–Kier alpha value is -4.06. The summed E-state index contributed by atoms with van der Waals surface area (Å²) in [6.45, 7) is 0. The Labute approximate surface area is 180 Å². The number of pyridine rings is 1. The van der Waals surface area contributed by atoms with Crippen LogP contribution in [0.3, 0.4) is 0 Å². The summed E-state index contributed by atoms with van der Waals surface area (Å²) in [5.74, 6) is 0.626. The zero-order chi connectivity index (χ0) is 21.3. The Morgan fingerprint density at radius 3 is 2.35 bits per heavy atom. The van der Waals surface area contributed by atoms with Gasteiger partial charge in [-0.1, -0.05) is 24.3 Å². The highest BCUT2D eigenvalue weighted by Gasteiger charge is 2.48. The van der Waals surface area contributed by atoms with E-state index in [-0.39, 0.29) is 11.3 Å². The predicted octanol–water partition coefficient (Wildman–Crippen LogP) is 4.45. The van der Waals surface area contributed by atoms with E-state index in [4.69, 9.17) is 10.7 Å². The second-order valence-electron chi connectivity index (χ2n) is 7.70. The first kappa shape index (κ1) is 18.9. The van der Waals surface area contributed by atoms with Crippen molar-refractivity contribution in [3.8, 4) is 11.3 Å². The van der Waals surface area contributed by atoms with Crippen LogP contribution in [0.25, 0.3) is 11.3 Å². The average molecular weight is 407 g/mol. The average Bonchev–Trinajstić information content (AvgIpc) is 3.64. The molecule has 6 heteroatoms. The highest BCUT2D eigenvalue weighted by atomic mass is 16.1. The van der Waals surface area contributed by atoms with Crippen molar-refractivity contribution in [1.29, 1.82) is 0 Å². The number of carbonyl (C=O) groups excluding carboxylic acids is 1. The van der Waals surface area contributed by atoms with Crippen LogP contribution in [-0.4, -0.2) is 20.9 Å². The molecular formula is C25H21N5O. The summed E-state index contributed by atoms with van der Waals surface area (Å²) in [6, 6.07) is 20.7. The van der Waals surface area contributed by atoms with Crippen LogP contribution in [0.5, 0.6) is 0 Å². The fourth-order valence-electron chi connectivity index (χ4n) is 3.79. The molecule has 0 spiro atoms. The quantitative estimate of drug-likeness (QED) is 0.477. The predicted molar refractivity (Wildman–Crippen MR) is 121 cm³/mol. The lowest BCUT2D eigenvalue weighted by atomic mass is 9.93. The Morgan fingerprint density at radius 1 is 0.903 bits per heavy atom. The van der Waals surface area contributed by atoms with Gasteiger partial charge in [0, 0.05) is 29.7 Å². The van der Waals surface area contributed by atoms with Gasteiger partial charge in [0.15, 0.2) is 0 Å². The summed E-state index contributed by atoms with van der Waals surface area (Å²) in [4.78, 5) is 26.1. The number of carbonyl (C=O) groups is 1. The van der Waals surface area contributed by atoms with Crippen LogP contribution >= 0.6 is 0 Å². The number of nitrogens with zero attached hydrogens (tertiary/aromatic N) is 3. The molecule has 31 heavy (non-hydrogen) atoms. The third kappa shape index (κ3) is 3.64. The van der Waals surface area contributed by atoms with Crippen LogP contribution in [-0.2, 0) is 5.41 Å². The molecule has 5 rings (SSSR count). The molecule has 2 heterocycles. The van der Waals surface area contributed by atoms with Crippen molar-refractivity contribution in [2.45, 2.75) is 18.3 Å². The number of benzene rings is 2. The molecule has 0 aliphatic heterocycles. The van der Waals surface area contributed by atoms with E-state index in [9.17, 15) is 4.79 Å².